The van der Waals surface area contributed by atoms with Crippen LogP contribution in [0.15, 0.2) is 42.5 Å². The molecule has 5 heteroatoms. The number of para-hydroxylation sites is 1. The number of nitrogens with one attached hydrogen (secondary N) is 2. The van der Waals surface area contributed by atoms with Gasteiger partial charge in [-0.05, 0) is 36.8 Å². The van der Waals surface area contributed by atoms with Gasteiger partial charge in [-0.3, -0.25) is 0 Å². The zero-order valence-corrected chi connectivity index (χ0v) is 10.3. The first-order valence-electron chi connectivity index (χ1n) is 5.68. The molecule has 19 heavy (non-hydrogen) atoms. The Hall–Kier alpha value is -2.56. The molecule has 0 spiro atoms. The second-order valence-electron chi connectivity index (χ2n) is 4.08. The number of hydrogen-bond donors (Lipinski definition) is 3. The number of hydrogen-bond acceptors (Lipinski definition) is 2. The minimum absolute atomic E-state index is 0.0470. The van der Waals surface area contributed by atoms with Gasteiger partial charge in [0.15, 0.2) is 0 Å². The summed E-state index contributed by atoms with van der Waals surface area (Å²) < 4.78 is 13.3. The molecule has 0 aromatic heterocycles. The highest BCUT2D eigenvalue weighted by atomic mass is 19.1. The number of halogens is 1. The average molecular weight is 260 g/mol. The molecule has 0 saturated carbocycles. The molecule has 0 heterocycles. The molecule has 0 bridgehead atoms. The van der Waals surface area contributed by atoms with Gasteiger partial charge in [0, 0.05) is 0 Å². The predicted octanol–water partition coefficient (Wildman–Crippen LogP) is 3.48. The van der Waals surface area contributed by atoms with E-state index in [1.54, 1.807) is 18.2 Å². The minimum atomic E-state index is -0.619. The molecule has 0 radical (unpaired) electrons. The molecular weight excluding hydrogens is 247 g/mol. The van der Waals surface area contributed by atoms with Gasteiger partial charge >= 0.3 is 6.03 Å². The van der Waals surface area contributed by atoms with Gasteiger partial charge < -0.3 is 15.7 Å². The van der Waals surface area contributed by atoms with E-state index in [1.165, 1.54) is 24.3 Å². The number of amides is 2. The third kappa shape index (κ3) is 3.22. The number of phenols is 1. The first-order chi connectivity index (χ1) is 9.06. The summed E-state index contributed by atoms with van der Waals surface area (Å²) in [6, 6.07) is 10.0. The molecule has 2 aromatic rings. The summed E-state index contributed by atoms with van der Waals surface area (Å²) in [4.78, 5) is 11.7. The quantitative estimate of drug-likeness (QED) is 0.724. The molecule has 2 rings (SSSR count). The van der Waals surface area contributed by atoms with E-state index in [0.29, 0.717) is 0 Å². The van der Waals surface area contributed by atoms with E-state index in [-0.39, 0.29) is 17.1 Å². The van der Waals surface area contributed by atoms with Crippen LogP contribution >= 0.6 is 0 Å². The molecule has 0 aliphatic rings. The Morgan fingerprint density at radius 2 is 1.79 bits per heavy atom. The van der Waals surface area contributed by atoms with Gasteiger partial charge in [0.1, 0.15) is 11.6 Å². The molecule has 2 amide bonds. The summed E-state index contributed by atoms with van der Waals surface area (Å²) in [5, 5.41) is 14.4. The normalized spacial score (nSPS) is 10.0. The van der Waals surface area contributed by atoms with E-state index in [1.807, 2.05) is 6.92 Å². The summed E-state index contributed by atoms with van der Waals surface area (Å²) in [6.45, 7) is 1.83. The van der Waals surface area contributed by atoms with Crippen molar-refractivity contribution in [2.24, 2.45) is 0 Å². The van der Waals surface area contributed by atoms with Gasteiger partial charge in [0.2, 0.25) is 0 Å². The lowest BCUT2D eigenvalue weighted by Gasteiger charge is -2.10. The summed E-state index contributed by atoms with van der Waals surface area (Å²) in [5.41, 5.74) is 1.24. The van der Waals surface area contributed by atoms with Crippen LogP contribution in [-0.4, -0.2) is 11.1 Å². The van der Waals surface area contributed by atoms with Crippen molar-refractivity contribution in [2.75, 3.05) is 10.6 Å². The maximum Gasteiger partial charge on any atom is 0.323 e. The van der Waals surface area contributed by atoms with Crippen molar-refractivity contribution in [1.29, 1.82) is 0 Å². The van der Waals surface area contributed by atoms with Crippen molar-refractivity contribution in [1.82, 2.24) is 0 Å². The number of aryl methyl sites for hydroxylation is 1. The molecule has 98 valence electrons. The fourth-order valence-electron chi connectivity index (χ4n) is 1.59. The van der Waals surface area contributed by atoms with Gasteiger partial charge in [0.25, 0.3) is 0 Å². The third-order valence-corrected chi connectivity index (χ3v) is 2.52. The third-order valence-electron chi connectivity index (χ3n) is 2.52. The minimum Gasteiger partial charge on any atom is -0.506 e. The lowest BCUT2D eigenvalue weighted by atomic mass is 10.2. The highest BCUT2D eigenvalue weighted by molar-refractivity contribution is 6.00. The van der Waals surface area contributed by atoms with Crippen LogP contribution in [0.1, 0.15) is 5.56 Å². The Morgan fingerprint density at radius 3 is 2.53 bits per heavy atom. The van der Waals surface area contributed by atoms with Crippen molar-refractivity contribution in [2.45, 2.75) is 6.92 Å². The van der Waals surface area contributed by atoms with Crippen molar-refractivity contribution >= 4 is 17.4 Å². The summed E-state index contributed by atoms with van der Waals surface area (Å²) >= 11 is 0. The van der Waals surface area contributed by atoms with E-state index in [4.69, 9.17) is 0 Å². The Kier molecular flexibility index (Phi) is 3.66. The standard InChI is InChI=1S/C14H13FN2O2/c1-9-6-7-13(18)12(8-9)17-14(19)16-11-5-3-2-4-10(11)15/h2-8,18H,1H3,(H2,16,17,19). The van der Waals surface area contributed by atoms with E-state index < -0.39 is 11.8 Å². The number of phenolic OH excluding ortho intramolecular Hbond substituents is 1. The smallest absolute Gasteiger partial charge is 0.323 e. The van der Waals surface area contributed by atoms with Crippen LogP contribution < -0.4 is 10.6 Å². The highest BCUT2D eigenvalue weighted by Gasteiger charge is 2.08. The fourth-order valence-corrected chi connectivity index (χ4v) is 1.59. The van der Waals surface area contributed by atoms with E-state index >= 15 is 0 Å². The van der Waals surface area contributed by atoms with Gasteiger partial charge in [-0.2, -0.15) is 0 Å². The first-order valence-corrected chi connectivity index (χ1v) is 5.68. The number of urea groups is 1. The molecule has 0 aliphatic heterocycles. The number of anilines is 2. The Labute approximate surface area is 109 Å². The van der Waals surface area contributed by atoms with Crippen LogP contribution in [0, 0.1) is 12.7 Å². The van der Waals surface area contributed by atoms with E-state index in [2.05, 4.69) is 10.6 Å². The Morgan fingerprint density at radius 1 is 1.11 bits per heavy atom. The molecule has 0 unspecified atom stereocenters. The SMILES string of the molecule is Cc1ccc(O)c(NC(=O)Nc2ccccc2F)c1. The maximum absolute atomic E-state index is 13.3. The van der Waals surface area contributed by atoms with Crippen LogP contribution in [-0.2, 0) is 0 Å². The molecule has 2 aromatic carbocycles. The summed E-state index contributed by atoms with van der Waals surface area (Å²) in [7, 11) is 0. The van der Waals surface area contributed by atoms with Crippen molar-refractivity contribution in [3.05, 3.63) is 53.8 Å². The van der Waals surface area contributed by atoms with Crippen molar-refractivity contribution in [3.63, 3.8) is 0 Å². The molecule has 0 aliphatic carbocycles. The number of carbonyl (C=O) groups is 1. The van der Waals surface area contributed by atoms with Gasteiger partial charge in [-0.1, -0.05) is 18.2 Å². The Balaban J connectivity index is 2.10. The molecule has 0 atom stereocenters. The number of aromatic hydroxyl groups is 1. The van der Waals surface area contributed by atoms with Gasteiger partial charge in [-0.15, -0.1) is 0 Å². The Bertz CT molecular complexity index is 614. The second kappa shape index (κ2) is 5.39. The van der Waals surface area contributed by atoms with Crippen molar-refractivity contribution in [3.8, 4) is 5.75 Å². The number of rotatable bonds is 2. The van der Waals surface area contributed by atoms with Crippen molar-refractivity contribution < 1.29 is 14.3 Å². The van der Waals surface area contributed by atoms with Crippen LogP contribution in [0.3, 0.4) is 0 Å². The topological polar surface area (TPSA) is 61.4 Å². The van der Waals surface area contributed by atoms with Gasteiger partial charge in [0.05, 0.1) is 11.4 Å². The first kappa shape index (κ1) is 12.9. The van der Waals surface area contributed by atoms with Gasteiger partial charge in [-0.25, -0.2) is 9.18 Å². The molecule has 4 nitrogen and oxygen atoms in total. The van der Waals surface area contributed by atoms with Crippen LogP contribution in [0.4, 0.5) is 20.6 Å². The average Bonchev–Trinajstić information content (AvgIpc) is 2.37. The predicted molar refractivity (Wildman–Crippen MR) is 71.9 cm³/mol. The lowest BCUT2D eigenvalue weighted by molar-refractivity contribution is 0.262. The lowest BCUT2D eigenvalue weighted by Crippen LogP contribution is -2.20. The summed E-state index contributed by atoms with van der Waals surface area (Å²) in [5.74, 6) is -0.569. The van der Waals surface area contributed by atoms with Crippen LogP contribution in [0.2, 0.25) is 0 Å². The number of carbonyl (C=O) groups excluding carboxylic acids is 1. The van der Waals surface area contributed by atoms with E-state index in [9.17, 15) is 14.3 Å². The maximum atomic E-state index is 13.3. The van der Waals surface area contributed by atoms with E-state index in [0.717, 1.165) is 5.56 Å². The number of benzene rings is 2. The second-order valence-corrected chi connectivity index (χ2v) is 4.08. The largest absolute Gasteiger partial charge is 0.506 e. The fraction of sp³-hybridized carbons (Fsp3) is 0.0714. The molecule has 0 saturated heterocycles. The molecular formula is C14H13FN2O2. The zero-order valence-electron chi connectivity index (χ0n) is 10.3. The highest BCUT2D eigenvalue weighted by Crippen LogP contribution is 2.24. The van der Waals surface area contributed by atoms with Crippen LogP contribution in [0.25, 0.3) is 0 Å². The molecule has 3 N–H and O–H groups in total. The van der Waals surface area contributed by atoms with Crippen LogP contribution in [0.5, 0.6) is 5.75 Å². The summed E-state index contributed by atoms with van der Waals surface area (Å²) in [6.07, 6.45) is 0. The monoisotopic (exact) mass is 260 g/mol. The zero-order chi connectivity index (χ0) is 13.8. The molecule has 0 fully saturated rings.